The van der Waals surface area contributed by atoms with Crippen LogP contribution in [-0.2, 0) is 21.2 Å². The van der Waals surface area contributed by atoms with E-state index in [4.69, 9.17) is 4.42 Å². The highest BCUT2D eigenvalue weighted by Gasteiger charge is 2.30. The van der Waals surface area contributed by atoms with Crippen LogP contribution in [0.25, 0.3) is 0 Å². The number of rotatable bonds is 6. The monoisotopic (exact) mass is 375 g/mol. The van der Waals surface area contributed by atoms with Crippen LogP contribution in [0.5, 0.6) is 0 Å². The number of fused-ring (bicyclic) bond motifs is 1. The fourth-order valence-electron chi connectivity index (χ4n) is 2.86. The maximum Gasteiger partial charge on any atom is 0.285 e. The topological polar surface area (TPSA) is 92.0 Å². The third-order valence-electron chi connectivity index (χ3n) is 4.17. The molecule has 1 aromatic heterocycles. The minimum absolute atomic E-state index is 0.0216. The SMILES string of the molecule is CC(CCc1ccco1)NC(=O)CN(C)C1=NS(=O)(=O)c2ccccc21. The number of carbonyl (C=O) groups is 1. The average molecular weight is 375 g/mol. The van der Waals surface area contributed by atoms with Gasteiger partial charge in [-0.2, -0.15) is 8.42 Å². The van der Waals surface area contributed by atoms with Crippen molar-refractivity contribution in [1.82, 2.24) is 10.2 Å². The third-order valence-corrected chi connectivity index (χ3v) is 5.49. The van der Waals surface area contributed by atoms with Gasteiger partial charge in [0.1, 0.15) is 10.7 Å². The van der Waals surface area contributed by atoms with Crippen molar-refractivity contribution in [2.45, 2.75) is 30.7 Å². The molecule has 3 rings (SSSR count). The Hall–Kier alpha value is -2.61. The molecule has 1 amide bonds. The van der Waals surface area contributed by atoms with E-state index in [1.807, 2.05) is 19.1 Å². The number of amidine groups is 1. The van der Waals surface area contributed by atoms with Crippen molar-refractivity contribution >= 4 is 21.8 Å². The number of sulfonamides is 1. The molecule has 1 aromatic carbocycles. The first-order chi connectivity index (χ1) is 12.4. The van der Waals surface area contributed by atoms with Gasteiger partial charge in [0.2, 0.25) is 5.91 Å². The second-order valence-corrected chi connectivity index (χ2v) is 7.90. The molecule has 0 saturated carbocycles. The largest absolute Gasteiger partial charge is 0.469 e. The van der Waals surface area contributed by atoms with Gasteiger partial charge in [0.25, 0.3) is 10.0 Å². The van der Waals surface area contributed by atoms with E-state index in [2.05, 4.69) is 9.71 Å². The van der Waals surface area contributed by atoms with Crippen LogP contribution in [0.15, 0.2) is 56.4 Å². The summed E-state index contributed by atoms with van der Waals surface area (Å²) in [5.74, 6) is 0.980. The number of furan rings is 1. The second-order valence-electron chi connectivity index (χ2n) is 6.33. The van der Waals surface area contributed by atoms with Crippen molar-refractivity contribution in [1.29, 1.82) is 0 Å². The fraction of sp³-hybridized carbons (Fsp3) is 0.333. The predicted molar refractivity (Wildman–Crippen MR) is 97.4 cm³/mol. The number of benzene rings is 1. The number of nitrogens with zero attached hydrogens (tertiary/aromatic N) is 2. The molecule has 138 valence electrons. The number of nitrogens with one attached hydrogen (secondary N) is 1. The van der Waals surface area contributed by atoms with Crippen LogP contribution >= 0.6 is 0 Å². The summed E-state index contributed by atoms with van der Waals surface area (Å²) >= 11 is 0. The Labute approximate surface area is 152 Å². The Balaban J connectivity index is 1.58. The first-order valence-corrected chi connectivity index (χ1v) is 9.78. The maximum absolute atomic E-state index is 12.3. The molecule has 2 heterocycles. The van der Waals surface area contributed by atoms with Gasteiger partial charge in [-0.15, -0.1) is 4.40 Å². The van der Waals surface area contributed by atoms with Crippen LogP contribution in [0.3, 0.4) is 0 Å². The zero-order valence-corrected chi connectivity index (χ0v) is 15.5. The lowest BCUT2D eigenvalue weighted by Crippen LogP contribution is -2.41. The molecule has 8 heteroatoms. The number of amides is 1. The lowest BCUT2D eigenvalue weighted by Gasteiger charge is -2.20. The first-order valence-electron chi connectivity index (χ1n) is 8.34. The van der Waals surface area contributed by atoms with Crippen molar-refractivity contribution in [3.05, 3.63) is 54.0 Å². The van der Waals surface area contributed by atoms with E-state index in [0.717, 1.165) is 18.6 Å². The van der Waals surface area contributed by atoms with Crippen molar-refractivity contribution in [2.75, 3.05) is 13.6 Å². The van der Waals surface area contributed by atoms with E-state index >= 15 is 0 Å². The summed E-state index contributed by atoms with van der Waals surface area (Å²) in [6.45, 7) is 1.95. The van der Waals surface area contributed by atoms with Crippen LogP contribution < -0.4 is 5.32 Å². The number of aryl methyl sites for hydroxylation is 1. The molecular weight excluding hydrogens is 354 g/mol. The van der Waals surface area contributed by atoms with Crippen molar-refractivity contribution in [3.8, 4) is 0 Å². The maximum atomic E-state index is 12.3. The van der Waals surface area contributed by atoms with Crippen LogP contribution in [0.4, 0.5) is 0 Å². The Morgan fingerprint density at radius 1 is 1.27 bits per heavy atom. The van der Waals surface area contributed by atoms with E-state index in [1.165, 1.54) is 6.07 Å². The number of likely N-dealkylation sites (N-methyl/N-ethyl adjacent to an activating group) is 1. The minimum Gasteiger partial charge on any atom is -0.469 e. The van der Waals surface area contributed by atoms with E-state index in [9.17, 15) is 13.2 Å². The average Bonchev–Trinajstić information content (AvgIpc) is 3.19. The molecule has 2 aromatic rings. The zero-order valence-electron chi connectivity index (χ0n) is 14.7. The van der Waals surface area contributed by atoms with Gasteiger partial charge in [0.15, 0.2) is 5.84 Å². The lowest BCUT2D eigenvalue weighted by atomic mass is 10.1. The number of hydrogen-bond acceptors (Lipinski definition) is 5. The zero-order chi connectivity index (χ0) is 18.7. The standard InChI is InChI=1S/C18H21N3O4S/c1-13(9-10-14-6-5-11-25-14)19-17(22)12-21(2)18-15-7-3-4-8-16(15)26(23,24)20-18/h3-8,11,13H,9-10,12H2,1-2H3,(H,19,22). The Morgan fingerprint density at radius 2 is 2.04 bits per heavy atom. The van der Waals surface area contributed by atoms with Crippen LogP contribution in [0, 0.1) is 0 Å². The van der Waals surface area contributed by atoms with Gasteiger partial charge in [-0.25, -0.2) is 0 Å². The van der Waals surface area contributed by atoms with Gasteiger partial charge in [0, 0.05) is 25.1 Å². The fourth-order valence-corrected chi connectivity index (χ4v) is 4.11. The molecule has 0 bridgehead atoms. The van der Waals surface area contributed by atoms with E-state index < -0.39 is 10.0 Å². The van der Waals surface area contributed by atoms with Gasteiger partial charge in [0.05, 0.1) is 12.8 Å². The Morgan fingerprint density at radius 3 is 2.77 bits per heavy atom. The van der Waals surface area contributed by atoms with E-state index in [1.54, 1.807) is 36.4 Å². The smallest absolute Gasteiger partial charge is 0.285 e. The summed E-state index contributed by atoms with van der Waals surface area (Å²) in [4.78, 5) is 14.0. The minimum atomic E-state index is -3.69. The summed E-state index contributed by atoms with van der Waals surface area (Å²) in [7, 11) is -2.03. The molecule has 0 fully saturated rings. The lowest BCUT2D eigenvalue weighted by molar-refractivity contribution is -0.121. The normalized spacial score (nSPS) is 15.8. The summed E-state index contributed by atoms with van der Waals surface area (Å²) in [6.07, 6.45) is 3.12. The molecule has 0 radical (unpaired) electrons. The Bertz CT molecular complexity index is 920. The van der Waals surface area contributed by atoms with Crippen LogP contribution in [-0.4, -0.2) is 44.7 Å². The molecule has 1 aliphatic heterocycles. The summed E-state index contributed by atoms with van der Waals surface area (Å²) in [5, 5.41) is 2.91. The van der Waals surface area contributed by atoms with Crippen molar-refractivity contribution < 1.29 is 17.6 Å². The van der Waals surface area contributed by atoms with Crippen LogP contribution in [0.2, 0.25) is 0 Å². The highest BCUT2D eigenvalue weighted by atomic mass is 32.2. The molecule has 7 nitrogen and oxygen atoms in total. The molecular formula is C18H21N3O4S. The first kappa shape index (κ1) is 18.2. The number of carbonyl (C=O) groups excluding carboxylic acids is 1. The van der Waals surface area contributed by atoms with Crippen molar-refractivity contribution in [3.63, 3.8) is 0 Å². The molecule has 1 aliphatic rings. The molecule has 1 unspecified atom stereocenters. The molecule has 0 aliphatic carbocycles. The van der Waals surface area contributed by atoms with Gasteiger partial charge in [-0.05, 0) is 37.6 Å². The summed E-state index contributed by atoms with van der Waals surface area (Å²) < 4.78 is 33.3. The van der Waals surface area contributed by atoms with E-state index in [0.29, 0.717) is 11.4 Å². The second kappa shape index (κ2) is 7.33. The van der Waals surface area contributed by atoms with E-state index in [-0.39, 0.29) is 23.4 Å². The van der Waals surface area contributed by atoms with Gasteiger partial charge < -0.3 is 14.6 Å². The van der Waals surface area contributed by atoms with Gasteiger partial charge in [-0.1, -0.05) is 12.1 Å². The van der Waals surface area contributed by atoms with Gasteiger partial charge in [-0.3, -0.25) is 4.79 Å². The summed E-state index contributed by atoms with van der Waals surface area (Å²) in [6, 6.07) is 10.3. The molecule has 1 N–H and O–H groups in total. The van der Waals surface area contributed by atoms with Gasteiger partial charge >= 0.3 is 0 Å². The highest BCUT2D eigenvalue weighted by molar-refractivity contribution is 7.90. The molecule has 1 atom stereocenters. The predicted octanol–water partition coefficient (Wildman–Crippen LogP) is 1.80. The van der Waals surface area contributed by atoms with Crippen molar-refractivity contribution in [2.24, 2.45) is 4.40 Å². The molecule has 0 spiro atoms. The summed E-state index contributed by atoms with van der Waals surface area (Å²) in [5.41, 5.74) is 0.522. The molecule has 0 saturated heterocycles. The number of hydrogen-bond donors (Lipinski definition) is 1. The quantitative estimate of drug-likeness (QED) is 0.831. The molecule has 26 heavy (non-hydrogen) atoms. The highest BCUT2D eigenvalue weighted by Crippen LogP contribution is 2.26. The van der Waals surface area contributed by atoms with Crippen LogP contribution in [0.1, 0.15) is 24.7 Å². The Kier molecular flexibility index (Phi) is 5.13. The third kappa shape index (κ3) is 3.96.